The van der Waals surface area contributed by atoms with Crippen molar-refractivity contribution in [2.24, 2.45) is 0 Å². The number of esters is 1. The van der Waals surface area contributed by atoms with Gasteiger partial charge in [0.25, 0.3) is 5.91 Å². The Kier molecular flexibility index (Phi) is 9.15. The molecular weight excluding hydrogens is 513 g/mol. The molecule has 1 heterocycles. The van der Waals surface area contributed by atoms with Gasteiger partial charge in [-0.25, -0.2) is 4.79 Å². The number of anilines is 1. The Morgan fingerprint density at radius 1 is 0.944 bits per heavy atom. The van der Waals surface area contributed by atoms with Crippen molar-refractivity contribution in [1.82, 2.24) is 9.97 Å². The molecule has 1 atom stereocenters. The number of hydrogen-bond donors (Lipinski definition) is 0. The summed E-state index contributed by atoms with van der Waals surface area (Å²) in [5.74, 6) is 0.0586. The van der Waals surface area contributed by atoms with Crippen molar-refractivity contribution < 1.29 is 33.3 Å². The van der Waals surface area contributed by atoms with Crippen molar-refractivity contribution in [3.05, 3.63) is 58.6 Å². The third-order valence-electron chi connectivity index (χ3n) is 4.84. The normalized spacial score (nSPS) is 11.3. The van der Waals surface area contributed by atoms with E-state index >= 15 is 0 Å². The molecule has 0 bridgehead atoms. The summed E-state index contributed by atoms with van der Waals surface area (Å²) in [4.78, 5) is 34.9. The van der Waals surface area contributed by atoms with Gasteiger partial charge < -0.3 is 23.7 Å². The Morgan fingerprint density at radius 3 is 2.14 bits per heavy atom. The maximum atomic E-state index is 13.1. The molecule has 0 saturated carbocycles. The largest absolute Gasteiger partial charge is 0.482 e. The van der Waals surface area contributed by atoms with Crippen LogP contribution in [-0.4, -0.2) is 55.8 Å². The predicted octanol–water partition coefficient (Wildman–Crippen LogP) is 4.57. The van der Waals surface area contributed by atoms with E-state index in [9.17, 15) is 9.59 Å². The van der Waals surface area contributed by atoms with Crippen LogP contribution in [0.3, 0.4) is 0 Å². The minimum Gasteiger partial charge on any atom is -0.482 e. The monoisotopic (exact) mass is 535 g/mol. The molecular formula is C24H23Cl2N3O7. The third kappa shape index (κ3) is 6.67. The smallest absolute Gasteiger partial charge is 0.328 e. The second-order valence-electron chi connectivity index (χ2n) is 7.16. The van der Waals surface area contributed by atoms with Crippen molar-refractivity contribution in [3.63, 3.8) is 0 Å². The average molecular weight is 536 g/mol. The van der Waals surface area contributed by atoms with Crippen molar-refractivity contribution in [3.8, 4) is 29.3 Å². The van der Waals surface area contributed by atoms with E-state index in [-0.39, 0.29) is 28.5 Å². The summed E-state index contributed by atoms with van der Waals surface area (Å²) in [6, 6.07) is 11.6. The summed E-state index contributed by atoms with van der Waals surface area (Å²) in [5, 5.41) is 0.681. The Hall–Kier alpha value is -3.76. The number of halogens is 2. The van der Waals surface area contributed by atoms with Crippen LogP contribution >= 0.6 is 23.2 Å². The second kappa shape index (κ2) is 12.3. The molecule has 0 aliphatic heterocycles. The van der Waals surface area contributed by atoms with E-state index in [1.54, 1.807) is 43.3 Å². The van der Waals surface area contributed by atoms with Gasteiger partial charge in [-0.2, -0.15) is 9.97 Å². The molecule has 2 aromatic carbocycles. The number of aromatic nitrogens is 2. The molecule has 0 fully saturated rings. The zero-order valence-corrected chi connectivity index (χ0v) is 21.4. The number of ether oxygens (including phenoxy) is 5. The van der Waals surface area contributed by atoms with Gasteiger partial charge >= 0.3 is 12.0 Å². The topological polar surface area (TPSA) is 109 Å². The van der Waals surface area contributed by atoms with Crippen LogP contribution in [0.15, 0.2) is 48.5 Å². The molecule has 0 radical (unpaired) electrons. The van der Waals surface area contributed by atoms with Crippen LogP contribution < -0.4 is 23.8 Å². The van der Waals surface area contributed by atoms with Gasteiger partial charge in [0.05, 0.1) is 32.4 Å². The molecule has 0 aliphatic rings. The molecule has 36 heavy (non-hydrogen) atoms. The van der Waals surface area contributed by atoms with E-state index in [0.29, 0.717) is 16.5 Å². The lowest BCUT2D eigenvalue weighted by atomic mass is 10.2. The van der Waals surface area contributed by atoms with Crippen molar-refractivity contribution in [2.75, 3.05) is 32.8 Å². The van der Waals surface area contributed by atoms with Crippen LogP contribution in [0, 0.1) is 0 Å². The van der Waals surface area contributed by atoms with Crippen molar-refractivity contribution in [2.45, 2.75) is 13.0 Å². The van der Waals surface area contributed by atoms with Crippen LogP contribution in [-0.2, 0) is 14.3 Å². The molecule has 3 rings (SSSR count). The van der Waals surface area contributed by atoms with Crippen LogP contribution in [0.5, 0.6) is 29.3 Å². The highest BCUT2D eigenvalue weighted by Crippen LogP contribution is 2.29. The number of rotatable bonds is 10. The summed E-state index contributed by atoms with van der Waals surface area (Å²) < 4.78 is 26.3. The number of carbonyl (C=O) groups is 2. The Bertz CT molecular complexity index is 1200. The highest BCUT2D eigenvalue weighted by molar-refractivity contribution is 6.35. The first kappa shape index (κ1) is 26.8. The van der Waals surface area contributed by atoms with Gasteiger partial charge in [-0.15, -0.1) is 0 Å². The van der Waals surface area contributed by atoms with E-state index in [1.165, 1.54) is 38.4 Å². The minimum atomic E-state index is -0.940. The molecule has 0 N–H and O–H groups in total. The molecule has 0 spiro atoms. The number of nitrogens with zero attached hydrogens (tertiary/aromatic N) is 3. The third-order valence-corrected chi connectivity index (χ3v) is 5.37. The Labute approximate surface area is 217 Å². The summed E-state index contributed by atoms with van der Waals surface area (Å²) in [7, 11) is 4.16. The minimum absolute atomic E-state index is 0.00283. The van der Waals surface area contributed by atoms with E-state index in [2.05, 4.69) is 9.97 Å². The van der Waals surface area contributed by atoms with Crippen LogP contribution in [0.4, 0.5) is 5.69 Å². The van der Waals surface area contributed by atoms with E-state index < -0.39 is 24.5 Å². The summed E-state index contributed by atoms with van der Waals surface area (Å²) in [6.07, 6.45) is 0. The zero-order valence-electron chi connectivity index (χ0n) is 19.9. The summed E-state index contributed by atoms with van der Waals surface area (Å²) in [5.41, 5.74) is 0.403. The first-order valence-corrected chi connectivity index (χ1v) is 11.2. The SMILES string of the molecule is COC(=O)[C@H](C)N(C(=O)COc1ccc(Cl)cc1Cl)c1ccc(Oc2nc(OC)cc(OC)n2)cc1. The molecule has 0 saturated heterocycles. The van der Waals surface area contributed by atoms with E-state index in [0.717, 1.165) is 0 Å². The summed E-state index contributed by atoms with van der Waals surface area (Å²) >= 11 is 12.0. The lowest BCUT2D eigenvalue weighted by Gasteiger charge is -2.27. The maximum absolute atomic E-state index is 13.1. The van der Waals surface area contributed by atoms with Gasteiger partial charge in [-0.05, 0) is 49.4 Å². The molecule has 0 unspecified atom stereocenters. The zero-order chi connectivity index (χ0) is 26.2. The molecule has 3 aromatic rings. The lowest BCUT2D eigenvalue weighted by molar-refractivity contribution is -0.143. The molecule has 10 nitrogen and oxygen atoms in total. The van der Waals surface area contributed by atoms with Gasteiger partial charge in [0.15, 0.2) is 6.61 Å². The van der Waals surface area contributed by atoms with Gasteiger partial charge in [0.1, 0.15) is 17.5 Å². The molecule has 0 aliphatic carbocycles. The second-order valence-corrected chi connectivity index (χ2v) is 8.00. The predicted molar refractivity (Wildman–Crippen MR) is 133 cm³/mol. The van der Waals surface area contributed by atoms with Crippen LogP contribution in [0.2, 0.25) is 10.0 Å². The fourth-order valence-corrected chi connectivity index (χ4v) is 3.54. The molecule has 190 valence electrons. The average Bonchev–Trinajstić information content (AvgIpc) is 2.88. The standard InChI is InChI=1S/C24H23Cl2N3O7/c1-14(23(31)34-4)29(22(30)13-35-19-10-5-15(25)11-18(19)26)16-6-8-17(9-7-16)36-24-27-20(32-2)12-21(28-24)33-3/h5-12,14H,13H2,1-4H3/t14-/m0/s1. The van der Waals surface area contributed by atoms with Gasteiger partial charge in [-0.1, -0.05) is 23.2 Å². The lowest BCUT2D eigenvalue weighted by Crippen LogP contribution is -2.46. The first-order chi connectivity index (χ1) is 17.2. The van der Waals surface area contributed by atoms with Gasteiger partial charge in [0.2, 0.25) is 11.8 Å². The number of hydrogen-bond acceptors (Lipinski definition) is 9. The molecule has 1 aromatic heterocycles. The highest BCUT2D eigenvalue weighted by atomic mass is 35.5. The number of carbonyl (C=O) groups excluding carboxylic acids is 2. The summed E-state index contributed by atoms with van der Waals surface area (Å²) in [6.45, 7) is 1.15. The van der Waals surface area contributed by atoms with Gasteiger partial charge in [0, 0.05) is 10.7 Å². The highest BCUT2D eigenvalue weighted by Gasteiger charge is 2.29. The quantitative estimate of drug-likeness (QED) is 0.344. The Balaban J connectivity index is 1.81. The van der Waals surface area contributed by atoms with Gasteiger partial charge in [-0.3, -0.25) is 9.69 Å². The Morgan fingerprint density at radius 2 is 1.58 bits per heavy atom. The van der Waals surface area contributed by atoms with Crippen LogP contribution in [0.1, 0.15) is 6.92 Å². The van der Waals surface area contributed by atoms with Crippen LogP contribution in [0.25, 0.3) is 0 Å². The number of benzene rings is 2. The van der Waals surface area contributed by atoms with E-state index in [4.69, 9.17) is 46.9 Å². The fraction of sp³-hybridized carbons (Fsp3) is 0.250. The molecule has 1 amide bonds. The van der Waals surface area contributed by atoms with E-state index in [1.807, 2.05) is 0 Å². The number of methoxy groups -OCH3 is 3. The number of amides is 1. The fourth-order valence-electron chi connectivity index (χ4n) is 3.08. The van der Waals surface area contributed by atoms with Crippen molar-refractivity contribution in [1.29, 1.82) is 0 Å². The molecule has 12 heteroatoms. The first-order valence-electron chi connectivity index (χ1n) is 10.5. The van der Waals surface area contributed by atoms with Crippen molar-refractivity contribution >= 4 is 40.8 Å². The maximum Gasteiger partial charge on any atom is 0.328 e.